The van der Waals surface area contributed by atoms with Gasteiger partial charge in [0.05, 0.1) is 0 Å². The second-order valence-corrected chi connectivity index (χ2v) is 11.7. The zero-order valence-corrected chi connectivity index (χ0v) is 23.7. The number of nitrogens with one attached hydrogen (secondary N) is 2. The maximum absolute atomic E-state index is 14.2. The number of carbonyl (C=O) groups is 3. The average Bonchev–Trinajstić information content (AvgIpc) is 3.46. The van der Waals surface area contributed by atoms with Crippen LogP contribution in [0.2, 0.25) is 0 Å². The highest BCUT2D eigenvalue weighted by Gasteiger charge is 2.48. The molecule has 2 N–H and O–H groups in total. The maximum Gasteiger partial charge on any atom is 0.408 e. The molecule has 4 unspecified atom stereocenters. The van der Waals surface area contributed by atoms with Crippen molar-refractivity contribution < 1.29 is 19.1 Å². The molecule has 0 heterocycles. The fourth-order valence-corrected chi connectivity index (χ4v) is 4.57. The van der Waals surface area contributed by atoms with E-state index in [2.05, 4.69) is 30.5 Å². The lowest BCUT2D eigenvalue weighted by atomic mass is 9.96. The third kappa shape index (κ3) is 8.52. The molecule has 1 aromatic carbocycles. The fraction of sp³-hybridized carbons (Fsp3) is 0.690. The summed E-state index contributed by atoms with van der Waals surface area (Å²) < 4.78 is 5.45. The Morgan fingerprint density at radius 2 is 1.67 bits per heavy atom. The van der Waals surface area contributed by atoms with Gasteiger partial charge < -0.3 is 20.3 Å². The summed E-state index contributed by atoms with van der Waals surface area (Å²) in [6, 6.07) is 4.40. The monoisotopic (exact) mass is 501 g/mol. The topological polar surface area (TPSA) is 87.7 Å². The van der Waals surface area contributed by atoms with Crippen molar-refractivity contribution in [3.05, 3.63) is 34.9 Å². The first-order valence-electron chi connectivity index (χ1n) is 13.4. The zero-order valence-electron chi connectivity index (χ0n) is 23.7. The number of hydrogen-bond donors (Lipinski definition) is 2. The minimum absolute atomic E-state index is 0.0635. The van der Waals surface area contributed by atoms with Crippen LogP contribution in [0, 0.1) is 25.7 Å². The van der Waals surface area contributed by atoms with E-state index in [1.165, 1.54) is 0 Å². The molecule has 4 atom stereocenters. The number of aryl methyl sites for hydroxylation is 2. The third-order valence-corrected chi connectivity index (χ3v) is 6.45. The van der Waals surface area contributed by atoms with Gasteiger partial charge in [-0.1, -0.05) is 69.9 Å². The SMILES string of the molecule is CCCCCNC(=O)C(c1cc(C)cc(C)c1)N(C(=O)C(NC(=O)OC(C)(C)C)C(C)C)C1CC1C. The molecule has 1 aliphatic carbocycles. The molecular formula is C29H47N3O4. The van der Waals surface area contributed by atoms with Crippen LogP contribution in [0.1, 0.15) is 96.9 Å². The van der Waals surface area contributed by atoms with Crippen molar-refractivity contribution in [3.8, 4) is 0 Å². The number of hydrogen-bond acceptors (Lipinski definition) is 4. The lowest BCUT2D eigenvalue weighted by Gasteiger charge is -2.36. The second-order valence-electron chi connectivity index (χ2n) is 11.7. The summed E-state index contributed by atoms with van der Waals surface area (Å²) in [5.41, 5.74) is 2.20. The van der Waals surface area contributed by atoms with Crippen molar-refractivity contribution >= 4 is 17.9 Å². The first-order valence-corrected chi connectivity index (χ1v) is 13.4. The molecule has 1 fully saturated rings. The van der Waals surface area contributed by atoms with Gasteiger partial charge in [0.2, 0.25) is 11.8 Å². The van der Waals surface area contributed by atoms with Gasteiger partial charge in [0.25, 0.3) is 0 Å². The molecule has 0 saturated heterocycles. The van der Waals surface area contributed by atoms with E-state index in [9.17, 15) is 14.4 Å². The van der Waals surface area contributed by atoms with Crippen molar-refractivity contribution in [1.82, 2.24) is 15.5 Å². The number of ether oxygens (including phenoxy) is 1. The molecule has 1 aromatic rings. The third-order valence-electron chi connectivity index (χ3n) is 6.45. The molecule has 1 saturated carbocycles. The molecule has 7 heteroatoms. The zero-order chi connectivity index (χ0) is 27.2. The number of nitrogens with zero attached hydrogens (tertiary/aromatic N) is 1. The van der Waals surface area contributed by atoms with Crippen molar-refractivity contribution in [2.24, 2.45) is 11.8 Å². The molecule has 0 aliphatic heterocycles. The van der Waals surface area contributed by atoms with Crippen molar-refractivity contribution in [2.75, 3.05) is 6.54 Å². The van der Waals surface area contributed by atoms with Crippen LogP contribution >= 0.6 is 0 Å². The van der Waals surface area contributed by atoms with E-state index < -0.39 is 23.8 Å². The summed E-state index contributed by atoms with van der Waals surface area (Å²) >= 11 is 0. The molecule has 0 bridgehead atoms. The summed E-state index contributed by atoms with van der Waals surface area (Å²) in [7, 11) is 0. The van der Waals surface area contributed by atoms with E-state index in [0.717, 1.165) is 42.4 Å². The normalized spacial score (nSPS) is 18.8. The Morgan fingerprint density at radius 1 is 1.08 bits per heavy atom. The van der Waals surface area contributed by atoms with Crippen LogP contribution in [0.15, 0.2) is 18.2 Å². The predicted octanol–water partition coefficient (Wildman–Crippen LogP) is 5.44. The van der Waals surface area contributed by atoms with Gasteiger partial charge in [-0.25, -0.2) is 4.79 Å². The van der Waals surface area contributed by atoms with Gasteiger partial charge in [0, 0.05) is 12.6 Å². The summed E-state index contributed by atoms with van der Waals surface area (Å²) in [6.07, 6.45) is 3.18. The Bertz CT molecular complexity index is 901. The van der Waals surface area contributed by atoms with E-state index in [0.29, 0.717) is 6.54 Å². The van der Waals surface area contributed by atoms with Gasteiger partial charge in [-0.05, 0) is 64.9 Å². The highest BCUT2D eigenvalue weighted by atomic mass is 16.6. The van der Waals surface area contributed by atoms with Gasteiger partial charge in [-0.2, -0.15) is 0 Å². The van der Waals surface area contributed by atoms with Crippen molar-refractivity contribution in [3.63, 3.8) is 0 Å². The predicted molar refractivity (Wildman–Crippen MR) is 144 cm³/mol. The summed E-state index contributed by atoms with van der Waals surface area (Å²) in [4.78, 5) is 42.2. The Morgan fingerprint density at radius 3 is 2.14 bits per heavy atom. The summed E-state index contributed by atoms with van der Waals surface area (Å²) in [6.45, 7) is 17.9. The first-order chi connectivity index (χ1) is 16.7. The van der Waals surface area contributed by atoms with Gasteiger partial charge in [-0.15, -0.1) is 0 Å². The van der Waals surface area contributed by atoms with E-state index in [4.69, 9.17) is 4.74 Å². The minimum Gasteiger partial charge on any atom is -0.444 e. The van der Waals surface area contributed by atoms with Crippen molar-refractivity contribution in [2.45, 2.75) is 112 Å². The largest absolute Gasteiger partial charge is 0.444 e. The lowest BCUT2D eigenvalue weighted by Crippen LogP contribution is -2.55. The van der Waals surface area contributed by atoms with Gasteiger partial charge in [-0.3, -0.25) is 9.59 Å². The highest BCUT2D eigenvalue weighted by Crippen LogP contribution is 2.41. The van der Waals surface area contributed by atoms with Crippen LogP contribution in [0.25, 0.3) is 0 Å². The average molecular weight is 502 g/mol. The summed E-state index contributed by atoms with van der Waals surface area (Å²) in [5, 5.41) is 5.88. The molecule has 7 nitrogen and oxygen atoms in total. The fourth-order valence-electron chi connectivity index (χ4n) is 4.57. The molecule has 2 rings (SSSR count). The quantitative estimate of drug-likeness (QED) is 0.395. The highest BCUT2D eigenvalue weighted by molar-refractivity contribution is 5.92. The van der Waals surface area contributed by atoms with Crippen LogP contribution in [0.3, 0.4) is 0 Å². The first kappa shape index (κ1) is 29.7. The Kier molecular flexibility index (Phi) is 10.4. The smallest absolute Gasteiger partial charge is 0.408 e. The number of unbranched alkanes of at least 4 members (excludes halogenated alkanes) is 2. The lowest BCUT2D eigenvalue weighted by molar-refractivity contribution is -0.144. The standard InChI is InChI=1S/C29H47N3O4/c1-10-11-12-13-30-26(33)25(22-15-19(4)14-20(5)16-22)32(23-17-21(23)6)27(34)24(18(2)3)31-28(35)36-29(7,8)9/h14-16,18,21,23-25H,10-13,17H2,1-9H3,(H,30,33)(H,31,35). The Labute approximate surface area is 217 Å². The number of rotatable bonds is 11. The molecule has 202 valence electrons. The molecule has 3 amide bonds. The van der Waals surface area contributed by atoms with Gasteiger partial charge in [0.15, 0.2) is 0 Å². The van der Waals surface area contributed by atoms with Crippen LogP contribution in [0.5, 0.6) is 0 Å². The van der Waals surface area contributed by atoms with E-state index in [1.54, 1.807) is 25.7 Å². The molecule has 0 spiro atoms. The molecular weight excluding hydrogens is 454 g/mol. The number of benzene rings is 1. The number of carbonyl (C=O) groups excluding carboxylic acids is 3. The van der Waals surface area contributed by atoms with Crippen molar-refractivity contribution in [1.29, 1.82) is 0 Å². The minimum atomic E-state index is -0.811. The molecule has 1 aliphatic rings. The second kappa shape index (κ2) is 12.6. The number of amides is 3. The van der Waals surface area contributed by atoms with Gasteiger partial charge >= 0.3 is 6.09 Å². The van der Waals surface area contributed by atoms with E-state index in [-0.39, 0.29) is 29.7 Å². The maximum atomic E-state index is 14.2. The number of alkyl carbamates (subject to hydrolysis) is 1. The van der Waals surface area contributed by atoms with Crippen LogP contribution < -0.4 is 10.6 Å². The van der Waals surface area contributed by atoms with E-state index >= 15 is 0 Å². The van der Waals surface area contributed by atoms with Crippen LogP contribution in [-0.2, 0) is 14.3 Å². The molecule has 0 radical (unpaired) electrons. The van der Waals surface area contributed by atoms with Crippen LogP contribution in [-0.4, -0.2) is 47.0 Å². The molecule has 0 aromatic heterocycles. The Hall–Kier alpha value is -2.57. The van der Waals surface area contributed by atoms with E-state index in [1.807, 2.05) is 39.8 Å². The summed E-state index contributed by atoms with van der Waals surface area (Å²) in [5.74, 6) is -0.333. The molecule has 36 heavy (non-hydrogen) atoms. The van der Waals surface area contributed by atoms with Gasteiger partial charge in [0.1, 0.15) is 17.7 Å². The Balaban J connectivity index is 2.46. The van der Waals surface area contributed by atoms with Crippen LogP contribution in [0.4, 0.5) is 4.79 Å².